The highest BCUT2D eigenvalue weighted by molar-refractivity contribution is 6.14. The topological polar surface area (TPSA) is 51.1 Å². The van der Waals surface area contributed by atoms with E-state index in [0.29, 0.717) is 5.69 Å². The Morgan fingerprint density at radius 2 is 1.65 bits per heavy atom. The first-order valence-corrected chi connectivity index (χ1v) is 6.39. The third-order valence-corrected chi connectivity index (χ3v) is 3.31. The van der Waals surface area contributed by atoms with E-state index in [2.05, 4.69) is 5.32 Å². The summed E-state index contributed by atoms with van der Waals surface area (Å²) in [4.78, 5) is 23.1. The number of para-hydroxylation sites is 1. The van der Waals surface area contributed by atoms with Gasteiger partial charge >= 0.3 is 0 Å². The number of anilines is 1. The number of amides is 1. The molecule has 1 amide bonds. The summed E-state index contributed by atoms with van der Waals surface area (Å²) < 4.78 is 1.68. The molecule has 0 bridgehead atoms. The van der Waals surface area contributed by atoms with Crippen LogP contribution in [0.3, 0.4) is 0 Å². The molecule has 1 aromatic heterocycles. The lowest BCUT2D eigenvalue weighted by Crippen LogP contribution is -2.07. The zero-order valence-corrected chi connectivity index (χ0v) is 11.3. The van der Waals surface area contributed by atoms with Gasteiger partial charge in [0.1, 0.15) is 0 Å². The molecule has 3 aromatic rings. The quantitative estimate of drug-likeness (QED) is 0.733. The van der Waals surface area contributed by atoms with Gasteiger partial charge in [0.2, 0.25) is 11.8 Å². The van der Waals surface area contributed by atoms with Gasteiger partial charge in [0.15, 0.2) is 0 Å². The van der Waals surface area contributed by atoms with E-state index >= 15 is 0 Å². The number of carbonyl (C=O) groups is 2. The van der Waals surface area contributed by atoms with Crippen molar-refractivity contribution < 1.29 is 9.59 Å². The number of fused-ring (bicyclic) bond motifs is 3. The average molecular weight is 266 g/mol. The minimum absolute atomic E-state index is 0.0452. The average Bonchev–Trinajstić information content (AvgIpc) is 2.71. The van der Waals surface area contributed by atoms with E-state index in [1.54, 1.807) is 4.57 Å². The highest BCUT2D eigenvalue weighted by Gasteiger charge is 2.13. The van der Waals surface area contributed by atoms with Crippen molar-refractivity contribution in [3.05, 3.63) is 42.5 Å². The maximum absolute atomic E-state index is 11.9. The van der Waals surface area contributed by atoms with Crippen LogP contribution in [0.4, 0.5) is 5.69 Å². The Kier molecular flexibility index (Phi) is 2.79. The molecular weight excluding hydrogens is 252 g/mol. The lowest BCUT2D eigenvalue weighted by atomic mass is 10.1. The van der Waals surface area contributed by atoms with Crippen LogP contribution in [0.25, 0.3) is 21.8 Å². The van der Waals surface area contributed by atoms with E-state index < -0.39 is 0 Å². The monoisotopic (exact) mass is 266 g/mol. The van der Waals surface area contributed by atoms with Gasteiger partial charge in [-0.3, -0.25) is 14.2 Å². The van der Waals surface area contributed by atoms with Crippen LogP contribution in [0.2, 0.25) is 0 Å². The van der Waals surface area contributed by atoms with Crippen LogP contribution >= 0.6 is 0 Å². The van der Waals surface area contributed by atoms with Crippen LogP contribution < -0.4 is 5.32 Å². The number of rotatable bonds is 1. The van der Waals surface area contributed by atoms with Gasteiger partial charge in [0, 0.05) is 30.3 Å². The second kappa shape index (κ2) is 4.49. The second-order valence-electron chi connectivity index (χ2n) is 4.78. The minimum atomic E-state index is -0.130. The van der Waals surface area contributed by atoms with Gasteiger partial charge in [-0.05, 0) is 18.2 Å². The van der Waals surface area contributed by atoms with Gasteiger partial charge < -0.3 is 5.32 Å². The summed E-state index contributed by atoms with van der Waals surface area (Å²) in [5.41, 5.74) is 2.38. The lowest BCUT2D eigenvalue weighted by Gasteiger charge is -2.04. The van der Waals surface area contributed by atoms with Crippen LogP contribution in [0.5, 0.6) is 0 Å². The fraction of sp³-hybridized carbons (Fsp3) is 0.125. The molecule has 0 saturated carbocycles. The first kappa shape index (κ1) is 12.4. The van der Waals surface area contributed by atoms with Crippen LogP contribution in [0.1, 0.15) is 18.6 Å². The molecule has 1 N–H and O–H groups in total. The zero-order chi connectivity index (χ0) is 14.3. The number of aromatic nitrogens is 1. The predicted molar refractivity (Wildman–Crippen MR) is 80.0 cm³/mol. The zero-order valence-electron chi connectivity index (χ0n) is 11.3. The van der Waals surface area contributed by atoms with E-state index in [1.165, 1.54) is 13.8 Å². The molecule has 4 heteroatoms. The van der Waals surface area contributed by atoms with Crippen LogP contribution in [-0.4, -0.2) is 16.4 Å². The minimum Gasteiger partial charge on any atom is -0.326 e. The molecule has 0 radical (unpaired) electrons. The molecule has 0 fully saturated rings. The number of nitrogens with one attached hydrogen (secondary N) is 1. The standard InChI is InChI=1S/C16H14N2O2/c1-10(19)17-12-7-8-14-13-5-3-4-6-15(13)18(11(2)20)16(14)9-12/h3-9H,1-2H3,(H,17,19). The maximum atomic E-state index is 11.9. The number of carbonyl (C=O) groups excluding carboxylic acids is 2. The Bertz CT molecular complexity index is 846. The van der Waals surface area contributed by atoms with Gasteiger partial charge in [0.25, 0.3) is 0 Å². The van der Waals surface area contributed by atoms with Crippen molar-refractivity contribution in [3.63, 3.8) is 0 Å². The Morgan fingerprint density at radius 1 is 0.950 bits per heavy atom. The van der Waals surface area contributed by atoms with E-state index in [-0.39, 0.29) is 11.8 Å². The van der Waals surface area contributed by atoms with E-state index in [9.17, 15) is 9.59 Å². The summed E-state index contributed by atoms with van der Waals surface area (Å²) in [6, 6.07) is 13.4. The molecule has 20 heavy (non-hydrogen) atoms. The predicted octanol–water partition coefficient (Wildman–Crippen LogP) is 3.41. The number of hydrogen-bond acceptors (Lipinski definition) is 2. The van der Waals surface area contributed by atoms with Crippen molar-refractivity contribution in [2.75, 3.05) is 5.32 Å². The van der Waals surface area contributed by atoms with Crippen LogP contribution in [-0.2, 0) is 4.79 Å². The Labute approximate surface area is 116 Å². The third kappa shape index (κ3) is 1.86. The first-order valence-electron chi connectivity index (χ1n) is 6.39. The smallest absolute Gasteiger partial charge is 0.228 e. The fourth-order valence-electron chi connectivity index (χ4n) is 2.59. The van der Waals surface area contributed by atoms with Crippen molar-refractivity contribution in [3.8, 4) is 0 Å². The summed E-state index contributed by atoms with van der Waals surface area (Å²) in [5, 5.41) is 4.78. The lowest BCUT2D eigenvalue weighted by molar-refractivity contribution is -0.114. The van der Waals surface area contributed by atoms with Crippen molar-refractivity contribution in [2.45, 2.75) is 13.8 Å². The molecule has 2 aromatic carbocycles. The van der Waals surface area contributed by atoms with Crippen molar-refractivity contribution in [1.82, 2.24) is 4.57 Å². The summed E-state index contributed by atoms with van der Waals surface area (Å²) >= 11 is 0. The molecular formula is C16H14N2O2. The molecule has 0 aliphatic heterocycles. The molecule has 4 nitrogen and oxygen atoms in total. The van der Waals surface area contributed by atoms with Crippen LogP contribution in [0.15, 0.2) is 42.5 Å². The third-order valence-electron chi connectivity index (χ3n) is 3.31. The Balaban J connectivity index is 2.38. The fourth-order valence-corrected chi connectivity index (χ4v) is 2.59. The van der Waals surface area contributed by atoms with Crippen molar-refractivity contribution in [1.29, 1.82) is 0 Å². The van der Waals surface area contributed by atoms with Gasteiger partial charge in [-0.2, -0.15) is 0 Å². The molecule has 0 atom stereocenters. The second-order valence-corrected chi connectivity index (χ2v) is 4.78. The SMILES string of the molecule is CC(=O)Nc1ccc2c3ccccc3n(C(C)=O)c2c1. The normalized spacial score (nSPS) is 10.9. The van der Waals surface area contributed by atoms with E-state index in [0.717, 1.165) is 21.8 Å². The van der Waals surface area contributed by atoms with E-state index in [1.807, 2.05) is 42.5 Å². The molecule has 3 rings (SSSR count). The highest BCUT2D eigenvalue weighted by Crippen LogP contribution is 2.30. The Hall–Kier alpha value is -2.62. The molecule has 0 aliphatic carbocycles. The number of nitrogens with zero attached hydrogens (tertiary/aromatic N) is 1. The van der Waals surface area contributed by atoms with Gasteiger partial charge in [0.05, 0.1) is 11.0 Å². The molecule has 1 heterocycles. The summed E-state index contributed by atoms with van der Waals surface area (Å²) in [5.74, 6) is -0.175. The number of benzene rings is 2. The molecule has 0 unspecified atom stereocenters. The van der Waals surface area contributed by atoms with Gasteiger partial charge in [-0.1, -0.05) is 24.3 Å². The van der Waals surface area contributed by atoms with E-state index in [4.69, 9.17) is 0 Å². The van der Waals surface area contributed by atoms with Crippen LogP contribution in [0, 0.1) is 0 Å². The van der Waals surface area contributed by atoms with Gasteiger partial charge in [-0.15, -0.1) is 0 Å². The molecule has 0 saturated heterocycles. The number of hydrogen-bond donors (Lipinski definition) is 1. The molecule has 100 valence electrons. The van der Waals surface area contributed by atoms with Crippen molar-refractivity contribution in [2.24, 2.45) is 0 Å². The highest BCUT2D eigenvalue weighted by atomic mass is 16.2. The molecule has 0 aliphatic rings. The Morgan fingerprint density at radius 3 is 2.35 bits per heavy atom. The largest absolute Gasteiger partial charge is 0.326 e. The van der Waals surface area contributed by atoms with Crippen molar-refractivity contribution >= 4 is 39.3 Å². The maximum Gasteiger partial charge on any atom is 0.228 e. The molecule has 0 spiro atoms. The summed E-state index contributed by atoms with van der Waals surface area (Å²) in [6.07, 6.45) is 0. The van der Waals surface area contributed by atoms with Gasteiger partial charge in [-0.25, -0.2) is 0 Å². The summed E-state index contributed by atoms with van der Waals surface area (Å²) in [6.45, 7) is 3.00. The first-order chi connectivity index (χ1) is 9.58. The summed E-state index contributed by atoms with van der Waals surface area (Å²) in [7, 11) is 0.